The predicted octanol–water partition coefficient (Wildman–Crippen LogP) is 0.900. The highest BCUT2D eigenvalue weighted by atomic mass is 16.2. The van der Waals surface area contributed by atoms with Crippen LogP contribution >= 0.6 is 0 Å². The average molecular weight is 302 g/mol. The van der Waals surface area contributed by atoms with E-state index in [-0.39, 0.29) is 30.2 Å². The summed E-state index contributed by atoms with van der Waals surface area (Å²) in [6, 6.07) is 3.44. The first-order valence-electron chi connectivity index (χ1n) is 7.88. The zero-order valence-corrected chi connectivity index (χ0v) is 12.5. The molecule has 2 bridgehead atoms. The molecule has 0 aliphatic heterocycles. The second kappa shape index (κ2) is 6.44. The molecule has 2 amide bonds. The quantitative estimate of drug-likeness (QED) is 0.753. The molecule has 1 heterocycles. The summed E-state index contributed by atoms with van der Waals surface area (Å²) in [7, 11) is 0. The SMILES string of the molecule is NC1C2CCC(C2)C1C(=O)NCCC(=O)Nc1ccncc1. The van der Waals surface area contributed by atoms with Crippen LogP contribution in [-0.2, 0) is 9.59 Å². The summed E-state index contributed by atoms with van der Waals surface area (Å²) >= 11 is 0. The fourth-order valence-electron chi connectivity index (χ4n) is 3.80. The van der Waals surface area contributed by atoms with Crippen LogP contribution in [0.3, 0.4) is 0 Å². The Morgan fingerprint density at radius 3 is 2.64 bits per heavy atom. The van der Waals surface area contributed by atoms with Gasteiger partial charge in [0.15, 0.2) is 0 Å². The van der Waals surface area contributed by atoms with Crippen LogP contribution in [0.4, 0.5) is 5.69 Å². The molecule has 4 unspecified atom stereocenters. The normalized spacial score (nSPS) is 29.3. The van der Waals surface area contributed by atoms with Crippen LogP contribution in [0, 0.1) is 17.8 Å². The van der Waals surface area contributed by atoms with Crippen molar-refractivity contribution in [1.82, 2.24) is 10.3 Å². The molecule has 4 N–H and O–H groups in total. The van der Waals surface area contributed by atoms with Gasteiger partial charge in [0.2, 0.25) is 11.8 Å². The summed E-state index contributed by atoms with van der Waals surface area (Å²) in [6.07, 6.45) is 6.84. The van der Waals surface area contributed by atoms with Crippen molar-refractivity contribution in [3.05, 3.63) is 24.5 Å². The van der Waals surface area contributed by atoms with Crippen LogP contribution in [0.5, 0.6) is 0 Å². The van der Waals surface area contributed by atoms with Crippen molar-refractivity contribution in [2.45, 2.75) is 31.7 Å². The first kappa shape index (κ1) is 15.0. The molecular weight excluding hydrogens is 280 g/mol. The lowest BCUT2D eigenvalue weighted by molar-refractivity contribution is -0.127. The molecule has 2 saturated carbocycles. The summed E-state index contributed by atoms with van der Waals surface area (Å²) in [6.45, 7) is 0.344. The molecule has 1 aromatic heterocycles. The number of anilines is 1. The highest BCUT2D eigenvalue weighted by Crippen LogP contribution is 2.47. The number of fused-ring (bicyclic) bond motifs is 2. The van der Waals surface area contributed by atoms with Crippen molar-refractivity contribution in [3.8, 4) is 0 Å². The number of nitrogens with two attached hydrogens (primary N) is 1. The van der Waals surface area contributed by atoms with Crippen molar-refractivity contribution < 1.29 is 9.59 Å². The zero-order chi connectivity index (χ0) is 15.5. The Hall–Kier alpha value is -1.95. The second-order valence-corrected chi connectivity index (χ2v) is 6.26. The van der Waals surface area contributed by atoms with Crippen LogP contribution in [-0.4, -0.2) is 29.4 Å². The Kier molecular flexibility index (Phi) is 4.38. The van der Waals surface area contributed by atoms with Crippen molar-refractivity contribution in [2.75, 3.05) is 11.9 Å². The third-order valence-corrected chi connectivity index (χ3v) is 4.90. The van der Waals surface area contributed by atoms with E-state index in [1.807, 2.05) is 0 Å². The number of nitrogens with zero attached hydrogens (tertiary/aromatic N) is 1. The second-order valence-electron chi connectivity index (χ2n) is 6.26. The van der Waals surface area contributed by atoms with Crippen molar-refractivity contribution >= 4 is 17.5 Å². The lowest BCUT2D eigenvalue weighted by atomic mass is 9.84. The lowest BCUT2D eigenvalue weighted by Crippen LogP contribution is -2.45. The number of hydrogen-bond acceptors (Lipinski definition) is 4. The van der Waals surface area contributed by atoms with Crippen LogP contribution < -0.4 is 16.4 Å². The van der Waals surface area contributed by atoms with Crippen molar-refractivity contribution in [2.24, 2.45) is 23.5 Å². The number of aromatic nitrogens is 1. The van der Waals surface area contributed by atoms with Gasteiger partial charge in [-0.05, 0) is 43.2 Å². The molecule has 0 saturated heterocycles. The molecule has 6 nitrogen and oxygen atoms in total. The first-order valence-corrected chi connectivity index (χ1v) is 7.88. The fourth-order valence-corrected chi connectivity index (χ4v) is 3.80. The third kappa shape index (κ3) is 3.11. The molecule has 0 radical (unpaired) electrons. The van der Waals surface area contributed by atoms with E-state index in [1.54, 1.807) is 24.5 Å². The lowest BCUT2D eigenvalue weighted by Gasteiger charge is -2.26. The molecule has 0 aromatic carbocycles. The molecule has 3 rings (SSSR count). The topological polar surface area (TPSA) is 97.1 Å². The molecule has 6 heteroatoms. The summed E-state index contributed by atoms with van der Waals surface area (Å²) in [5.41, 5.74) is 6.86. The number of hydrogen-bond donors (Lipinski definition) is 3. The summed E-state index contributed by atoms with van der Waals surface area (Å²) in [4.78, 5) is 27.9. The van der Waals surface area contributed by atoms with Gasteiger partial charge in [0.05, 0.1) is 5.92 Å². The van der Waals surface area contributed by atoms with Gasteiger partial charge in [-0.25, -0.2) is 0 Å². The number of carbonyl (C=O) groups is 2. The Bertz CT molecular complexity index is 546. The van der Waals surface area contributed by atoms with Crippen molar-refractivity contribution in [1.29, 1.82) is 0 Å². The van der Waals surface area contributed by atoms with E-state index >= 15 is 0 Å². The van der Waals surface area contributed by atoms with Crippen molar-refractivity contribution in [3.63, 3.8) is 0 Å². The van der Waals surface area contributed by atoms with Gasteiger partial charge in [-0.2, -0.15) is 0 Å². The summed E-state index contributed by atoms with van der Waals surface area (Å²) in [5.74, 6) is 0.767. The van der Waals surface area contributed by atoms with E-state index in [0.717, 1.165) is 19.3 Å². The average Bonchev–Trinajstić information content (AvgIpc) is 3.09. The Labute approximate surface area is 129 Å². The van der Waals surface area contributed by atoms with E-state index in [1.165, 1.54) is 0 Å². The molecule has 0 spiro atoms. The number of amides is 2. The van der Waals surface area contributed by atoms with Gasteiger partial charge in [0.25, 0.3) is 0 Å². The van der Waals surface area contributed by atoms with E-state index in [9.17, 15) is 9.59 Å². The largest absolute Gasteiger partial charge is 0.355 e. The Morgan fingerprint density at radius 1 is 1.23 bits per heavy atom. The van der Waals surface area contributed by atoms with Gasteiger partial charge < -0.3 is 16.4 Å². The third-order valence-electron chi connectivity index (χ3n) is 4.90. The highest BCUT2D eigenvalue weighted by Gasteiger charge is 2.48. The maximum atomic E-state index is 12.3. The monoisotopic (exact) mass is 302 g/mol. The Balaban J connectivity index is 1.41. The number of rotatable bonds is 5. The minimum atomic E-state index is -0.122. The molecule has 22 heavy (non-hydrogen) atoms. The Morgan fingerprint density at radius 2 is 1.95 bits per heavy atom. The summed E-state index contributed by atoms with van der Waals surface area (Å²) < 4.78 is 0. The molecular formula is C16H22N4O2. The van der Waals surface area contributed by atoms with Crippen LogP contribution in [0.25, 0.3) is 0 Å². The van der Waals surface area contributed by atoms with Gasteiger partial charge in [0, 0.05) is 37.1 Å². The molecule has 2 aliphatic rings. The minimum absolute atomic E-state index is 0.00982. The highest BCUT2D eigenvalue weighted by molar-refractivity contribution is 5.91. The molecule has 1 aromatic rings. The predicted molar refractivity (Wildman–Crippen MR) is 82.8 cm³/mol. The van der Waals surface area contributed by atoms with Crippen LogP contribution in [0.2, 0.25) is 0 Å². The van der Waals surface area contributed by atoms with E-state index < -0.39 is 0 Å². The number of carbonyl (C=O) groups excluding carboxylic acids is 2. The molecule has 2 fully saturated rings. The maximum Gasteiger partial charge on any atom is 0.226 e. The van der Waals surface area contributed by atoms with E-state index in [4.69, 9.17) is 5.73 Å². The van der Waals surface area contributed by atoms with Gasteiger partial charge in [-0.15, -0.1) is 0 Å². The van der Waals surface area contributed by atoms with Crippen LogP contribution in [0.15, 0.2) is 24.5 Å². The maximum absolute atomic E-state index is 12.3. The molecule has 4 atom stereocenters. The zero-order valence-electron chi connectivity index (χ0n) is 12.5. The first-order chi connectivity index (χ1) is 10.6. The number of nitrogens with one attached hydrogen (secondary N) is 2. The van der Waals surface area contributed by atoms with Gasteiger partial charge in [0.1, 0.15) is 0 Å². The standard InChI is InChI=1S/C16H22N4O2/c17-15-11-2-1-10(9-11)14(15)16(22)19-8-5-13(21)20-12-3-6-18-7-4-12/h3-4,6-7,10-11,14-15H,1-2,5,8-9,17H2,(H,19,22)(H,18,20,21). The smallest absolute Gasteiger partial charge is 0.226 e. The van der Waals surface area contributed by atoms with Gasteiger partial charge in [-0.3, -0.25) is 14.6 Å². The number of pyridine rings is 1. The minimum Gasteiger partial charge on any atom is -0.355 e. The van der Waals surface area contributed by atoms with Gasteiger partial charge >= 0.3 is 0 Å². The van der Waals surface area contributed by atoms with E-state index in [2.05, 4.69) is 15.6 Å². The summed E-state index contributed by atoms with van der Waals surface area (Å²) in [5, 5.41) is 5.63. The fraction of sp³-hybridized carbons (Fsp3) is 0.562. The van der Waals surface area contributed by atoms with E-state index in [0.29, 0.717) is 24.1 Å². The molecule has 2 aliphatic carbocycles. The molecule has 118 valence electrons. The van der Waals surface area contributed by atoms with Crippen LogP contribution in [0.1, 0.15) is 25.7 Å². The van der Waals surface area contributed by atoms with Gasteiger partial charge in [-0.1, -0.05) is 0 Å².